The van der Waals surface area contributed by atoms with Crippen LogP contribution in [0.4, 0.5) is 11.4 Å². The quantitative estimate of drug-likeness (QED) is 0.342. The highest BCUT2D eigenvalue weighted by Gasteiger charge is 2.18. The van der Waals surface area contributed by atoms with Crippen molar-refractivity contribution in [2.24, 2.45) is 0 Å². The van der Waals surface area contributed by atoms with Crippen LogP contribution in [0.3, 0.4) is 0 Å². The molecule has 0 radical (unpaired) electrons. The number of non-ortho nitro benzene ring substituents is 2. The molecule has 0 atom stereocenters. The van der Waals surface area contributed by atoms with Crippen LogP contribution in [0.2, 0.25) is 0 Å². The Morgan fingerprint density at radius 3 is 1.86 bits per heavy atom. The highest BCUT2D eigenvalue weighted by atomic mass is 32.1. The molecule has 29 heavy (non-hydrogen) atoms. The molecule has 4 rings (SSSR count). The van der Waals surface area contributed by atoms with Crippen LogP contribution in [0.5, 0.6) is 0 Å². The largest absolute Gasteiger partial charge is 0.337 e. The normalized spacial score (nSPS) is 10.8. The Bertz CT molecular complexity index is 1140. The SMILES string of the molecule is Cc1ccc(-c2nc(-c3ccc([N+](=O)[O-])cc3)c(-c3ccc([N+](=O)[O-])cc3)[nH]2)s1. The first-order valence-corrected chi connectivity index (χ1v) is 9.40. The van der Waals surface area contributed by atoms with E-state index in [1.165, 1.54) is 24.3 Å². The third-order valence-electron chi connectivity index (χ3n) is 4.40. The lowest BCUT2D eigenvalue weighted by Gasteiger charge is -2.03. The van der Waals surface area contributed by atoms with E-state index in [4.69, 9.17) is 4.98 Å². The molecule has 8 nitrogen and oxygen atoms in total. The summed E-state index contributed by atoms with van der Waals surface area (Å²) < 4.78 is 0. The Morgan fingerprint density at radius 1 is 0.828 bits per heavy atom. The molecule has 0 saturated heterocycles. The molecule has 0 bridgehead atoms. The number of aromatic nitrogens is 2. The van der Waals surface area contributed by atoms with Gasteiger partial charge in [-0.2, -0.15) is 0 Å². The zero-order valence-electron chi connectivity index (χ0n) is 15.2. The van der Waals surface area contributed by atoms with Crippen molar-refractivity contribution in [2.45, 2.75) is 6.92 Å². The van der Waals surface area contributed by atoms with Crippen LogP contribution < -0.4 is 0 Å². The predicted molar refractivity (Wildman–Crippen MR) is 111 cm³/mol. The Hall–Kier alpha value is -3.85. The van der Waals surface area contributed by atoms with Gasteiger partial charge in [0.2, 0.25) is 0 Å². The number of nitrogens with zero attached hydrogens (tertiary/aromatic N) is 3. The molecule has 2 heterocycles. The van der Waals surface area contributed by atoms with Crippen molar-refractivity contribution in [1.29, 1.82) is 0 Å². The molecule has 144 valence electrons. The number of aromatic amines is 1. The average molecular weight is 406 g/mol. The van der Waals surface area contributed by atoms with Crippen molar-refractivity contribution >= 4 is 22.7 Å². The maximum absolute atomic E-state index is 10.9. The van der Waals surface area contributed by atoms with Crippen LogP contribution in [0.15, 0.2) is 60.7 Å². The van der Waals surface area contributed by atoms with Gasteiger partial charge in [0.25, 0.3) is 11.4 Å². The molecule has 2 aromatic carbocycles. The van der Waals surface area contributed by atoms with E-state index >= 15 is 0 Å². The number of H-pyrrole nitrogens is 1. The molecule has 4 aromatic rings. The molecule has 9 heteroatoms. The topological polar surface area (TPSA) is 115 Å². The molecule has 2 aromatic heterocycles. The van der Waals surface area contributed by atoms with Crippen LogP contribution in [-0.2, 0) is 0 Å². The number of nitrogens with one attached hydrogen (secondary N) is 1. The summed E-state index contributed by atoms with van der Waals surface area (Å²) in [6.07, 6.45) is 0. The van der Waals surface area contributed by atoms with Gasteiger partial charge in [-0.25, -0.2) is 4.98 Å². The van der Waals surface area contributed by atoms with Crippen molar-refractivity contribution in [2.75, 3.05) is 0 Å². The lowest BCUT2D eigenvalue weighted by Crippen LogP contribution is -1.89. The zero-order chi connectivity index (χ0) is 20.5. The van der Waals surface area contributed by atoms with Crippen LogP contribution >= 0.6 is 11.3 Å². The predicted octanol–water partition coefficient (Wildman–Crippen LogP) is 5.60. The summed E-state index contributed by atoms with van der Waals surface area (Å²) in [6, 6.07) is 16.3. The number of hydrogen-bond acceptors (Lipinski definition) is 6. The number of nitro groups is 2. The van der Waals surface area contributed by atoms with Gasteiger partial charge in [-0.3, -0.25) is 20.2 Å². The van der Waals surface area contributed by atoms with E-state index in [1.54, 1.807) is 35.6 Å². The minimum Gasteiger partial charge on any atom is -0.337 e. The zero-order valence-corrected chi connectivity index (χ0v) is 16.0. The third kappa shape index (κ3) is 3.63. The standard InChI is InChI=1S/C20H14N4O4S/c1-12-2-11-17(29-12)20-21-18(13-3-7-15(8-4-13)23(25)26)19(22-20)14-5-9-16(10-6-14)24(27)28/h2-11H,1H3,(H,21,22). The number of nitro benzene ring substituents is 2. The van der Waals surface area contributed by atoms with E-state index in [0.717, 1.165) is 15.3 Å². The van der Waals surface area contributed by atoms with Crippen molar-refractivity contribution in [3.8, 4) is 33.2 Å². The van der Waals surface area contributed by atoms with Gasteiger partial charge in [0.15, 0.2) is 0 Å². The summed E-state index contributed by atoms with van der Waals surface area (Å²) in [4.78, 5) is 31.1. The first kappa shape index (κ1) is 18.5. The van der Waals surface area contributed by atoms with Gasteiger partial charge >= 0.3 is 0 Å². The summed E-state index contributed by atoms with van der Waals surface area (Å²) in [6.45, 7) is 2.01. The van der Waals surface area contributed by atoms with Gasteiger partial charge in [0.05, 0.1) is 26.1 Å². The molecule has 0 aliphatic heterocycles. The molecular formula is C20H14N4O4S. The van der Waals surface area contributed by atoms with Crippen molar-refractivity contribution in [3.05, 3.63) is 85.8 Å². The lowest BCUT2D eigenvalue weighted by atomic mass is 10.0. The smallest absolute Gasteiger partial charge is 0.269 e. The monoisotopic (exact) mass is 406 g/mol. The minimum absolute atomic E-state index is 0.000689. The maximum Gasteiger partial charge on any atom is 0.269 e. The highest BCUT2D eigenvalue weighted by Crippen LogP contribution is 2.36. The van der Waals surface area contributed by atoms with Crippen LogP contribution in [0.1, 0.15) is 4.88 Å². The van der Waals surface area contributed by atoms with Crippen molar-refractivity contribution in [3.63, 3.8) is 0 Å². The third-order valence-corrected chi connectivity index (χ3v) is 5.40. The second-order valence-corrected chi connectivity index (χ2v) is 7.62. The fourth-order valence-electron chi connectivity index (χ4n) is 2.96. The first-order chi connectivity index (χ1) is 13.9. The molecule has 0 amide bonds. The van der Waals surface area contributed by atoms with E-state index in [2.05, 4.69) is 4.98 Å². The maximum atomic E-state index is 10.9. The lowest BCUT2D eigenvalue weighted by molar-refractivity contribution is -0.385. The van der Waals surface area contributed by atoms with Gasteiger partial charge < -0.3 is 4.98 Å². The number of aryl methyl sites for hydroxylation is 1. The Morgan fingerprint density at radius 2 is 1.38 bits per heavy atom. The number of hydrogen-bond donors (Lipinski definition) is 1. The minimum atomic E-state index is -0.453. The molecule has 0 unspecified atom stereocenters. The van der Waals surface area contributed by atoms with E-state index in [9.17, 15) is 20.2 Å². The number of benzene rings is 2. The molecule has 0 saturated carbocycles. The highest BCUT2D eigenvalue weighted by molar-refractivity contribution is 7.15. The second kappa shape index (κ2) is 7.28. The molecule has 0 aliphatic carbocycles. The van der Waals surface area contributed by atoms with Crippen molar-refractivity contribution < 1.29 is 9.85 Å². The van der Waals surface area contributed by atoms with Gasteiger partial charge in [-0.05, 0) is 43.3 Å². The van der Waals surface area contributed by atoms with Crippen LogP contribution in [0.25, 0.3) is 33.2 Å². The number of thiophene rings is 1. The number of rotatable bonds is 5. The summed E-state index contributed by atoms with van der Waals surface area (Å²) >= 11 is 1.59. The van der Waals surface area contributed by atoms with E-state index in [0.29, 0.717) is 22.8 Å². The summed E-state index contributed by atoms with van der Waals surface area (Å²) in [5.41, 5.74) is 2.75. The summed E-state index contributed by atoms with van der Waals surface area (Å²) in [5, 5.41) is 21.9. The van der Waals surface area contributed by atoms with E-state index in [-0.39, 0.29) is 11.4 Å². The summed E-state index contributed by atoms with van der Waals surface area (Å²) in [7, 11) is 0. The molecule has 0 aliphatic rings. The molecule has 1 N–H and O–H groups in total. The van der Waals surface area contributed by atoms with Gasteiger partial charge in [0, 0.05) is 40.3 Å². The molecule has 0 fully saturated rings. The molecule has 0 spiro atoms. The van der Waals surface area contributed by atoms with E-state index < -0.39 is 9.85 Å². The second-order valence-electron chi connectivity index (χ2n) is 6.33. The first-order valence-electron chi connectivity index (χ1n) is 8.59. The fraction of sp³-hybridized carbons (Fsp3) is 0.0500. The molecular weight excluding hydrogens is 392 g/mol. The van der Waals surface area contributed by atoms with Crippen LogP contribution in [-0.4, -0.2) is 19.8 Å². The van der Waals surface area contributed by atoms with E-state index in [1.807, 2.05) is 19.1 Å². The Kier molecular flexibility index (Phi) is 4.65. The van der Waals surface area contributed by atoms with Gasteiger partial charge in [-0.15, -0.1) is 11.3 Å². The Labute approximate surface area is 168 Å². The van der Waals surface area contributed by atoms with Gasteiger partial charge in [-0.1, -0.05) is 0 Å². The Balaban J connectivity index is 1.84. The van der Waals surface area contributed by atoms with Crippen molar-refractivity contribution in [1.82, 2.24) is 9.97 Å². The summed E-state index contributed by atoms with van der Waals surface area (Å²) in [5.74, 6) is 0.671. The number of imidazole rings is 1. The fourth-order valence-corrected chi connectivity index (χ4v) is 3.77. The van der Waals surface area contributed by atoms with Crippen LogP contribution in [0, 0.1) is 27.2 Å². The average Bonchev–Trinajstić information content (AvgIpc) is 3.34. The van der Waals surface area contributed by atoms with Gasteiger partial charge in [0.1, 0.15) is 5.82 Å².